The van der Waals surface area contributed by atoms with Gasteiger partial charge in [0.1, 0.15) is 0 Å². The van der Waals surface area contributed by atoms with Crippen LogP contribution in [-0.2, 0) is 0 Å². The van der Waals surface area contributed by atoms with Gasteiger partial charge in [-0.25, -0.2) is 0 Å². The van der Waals surface area contributed by atoms with Crippen molar-refractivity contribution in [3.05, 3.63) is 0 Å². The van der Waals surface area contributed by atoms with Crippen molar-refractivity contribution < 1.29 is 23.4 Å². The van der Waals surface area contributed by atoms with E-state index < -0.39 is 24.9 Å². The van der Waals surface area contributed by atoms with Crippen molar-refractivity contribution in [2.75, 3.05) is 6.61 Å². The molecule has 0 amide bonds. The number of aliphatic hydroxyl groups is 2. The first kappa shape index (κ1) is 9.67. The van der Waals surface area contributed by atoms with Crippen LogP contribution in [0, 0.1) is 0 Å². The summed E-state index contributed by atoms with van der Waals surface area (Å²) in [5.41, 5.74) is 4.68. The van der Waals surface area contributed by atoms with E-state index in [1.807, 2.05) is 0 Å². The van der Waals surface area contributed by atoms with Crippen LogP contribution in [0.2, 0.25) is 0 Å². The fourth-order valence-electron chi connectivity index (χ4n) is 0.343. The molecule has 0 fully saturated rings. The zero-order valence-corrected chi connectivity index (χ0v) is 4.97. The third-order valence-corrected chi connectivity index (χ3v) is 0.952. The molecule has 0 aliphatic heterocycles. The second-order valence-corrected chi connectivity index (χ2v) is 1.83. The lowest BCUT2D eigenvalue weighted by Gasteiger charge is -2.18. The number of alkyl halides is 3. The summed E-state index contributed by atoms with van der Waals surface area (Å²) in [5.74, 6) is 0. The number of hydrogen-bond donors (Lipinski definition) is 3. The quantitative estimate of drug-likeness (QED) is 0.495. The lowest BCUT2D eigenvalue weighted by atomic mass is 10.2. The van der Waals surface area contributed by atoms with Crippen LogP contribution in [0.15, 0.2) is 0 Å². The third kappa shape index (κ3) is 2.51. The standard InChI is InChI=1S/C4H8F3NO2/c5-4(6,7)3(10)2(8)1-9/h2-3,9-10H,1,8H2/t2-,3-/m1/s1. The molecule has 0 saturated carbocycles. The van der Waals surface area contributed by atoms with E-state index >= 15 is 0 Å². The van der Waals surface area contributed by atoms with Crippen LogP contribution >= 0.6 is 0 Å². The van der Waals surface area contributed by atoms with E-state index in [1.54, 1.807) is 0 Å². The molecule has 2 atom stereocenters. The average Bonchev–Trinajstić information content (AvgIpc) is 1.83. The topological polar surface area (TPSA) is 66.5 Å². The maximum absolute atomic E-state index is 11.4. The van der Waals surface area contributed by atoms with Gasteiger partial charge in [0.25, 0.3) is 0 Å². The molecule has 4 N–H and O–H groups in total. The smallest absolute Gasteiger partial charge is 0.395 e. The zero-order valence-electron chi connectivity index (χ0n) is 4.97. The van der Waals surface area contributed by atoms with Crippen LogP contribution < -0.4 is 5.73 Å². The summed E-state index contributed by atoms with van der Waals surface area (Å²) in [7, 11) is 0. The highest BCUT2D eigenvalue weighted by molar-refractivity contribution is 4.76. The molecule has 0 radical (unpaired) electrons. The van der Waals surface area contributed by atoms with Gasteiger partial charge in [-0.1, -0.05) is 0 Å². The SMILES string of the molecule is N[C@H](CO)[C@@H](O)C(F)(F)F. The van der Waals surface area contributed by atoms with Crippen molar-refractivity contribution in [1.29, 1.82) is 0 Å². The highest BCUT2D eigenvalue weighted by Gasteiger charge is 2.41. The fraction of sp³-hybridized carbons (Fsp3) is 1.00. The zero-order chi connectivity index (χ0) is 8.36. The van der Waals surface area contributed by atoms with E-state index in [0.29, 0.717) is 0 Å². The Labute approximate surface area is 55.3 Å². The number of aliphatic hydroxyl groups excluding tert-OH is 2. The lowest BCUT2D eigenvalue weighted by Crippen LogP contribution is -2.47. The molecular formula is C4H8F3NO2. The average molecular weight is 159 g/mol. The van der Waals surface area contributed by atoms with Gasteiger partial charge in [-0.05, 0) is 0 Å². The van der Waals surface area contributed by atoms with Crippen LogP contribution in [-0.4, -0.2) is 35.1 Å². The van der Waals surface area contributed by atoms with Gasteiger partial charge >= 0.3 is 6.18 Å². The lowest BCUT2D eigenvalue weighted by molar-refractivity contribution is -0.211. The van der Waals surface area contributed by atoms with E-state index in [9.17, 15) is 13.2 Å². The van der Waals surface area contributed by atoms with Gasteiger partial charge < -0.3 is 15.9 Å². The molecule has 10 heavy (non-hydrogen) atoms. The minimum Gasteiger partial charge on any atom is -0.395 e. The number of nitrogens with two attached hydrogens (primary N) is 1. The Kier molecular flexibility index (Phi) is 3.07. The Morgan fingerprint density at radius 3 is 1.90 bits per heavy atom. The van der Waals surface area contributed by atoms with Gasteiger partial charge in [0, 0.05) is 0 Å². The number of rotatable bonds is 2. The van der Waals surface area contributed by atoms with E-state index in [-0.39, 0.29) is 0 Å². The van der Waals surface area contributed by atoms with Crippen molar-refractivity contribution in [2.45, 2.75) is 18.3 Å². The van der Waals surface area contributed by atoms with Crippen LogP contribution in [0.3, 0.4) is 0 Å². The molecule has 0 aliphatic rings. The fourth-order valence-corrected chi connectivity index (χ4v) is 0.343. The van der Waals surface area contributed by atoms with E-state index in [1.165, 1.54) is 0 Å². The monoisotopic (exact) mass is 159 g/mol. The third-order valence-electron chi connectivity index (χ3n) is 0.952. The first-order valence-electron chi connectivity index (χ1n) is 2.50. The summed E-state index contributed by atoms with van der Waals surface area (Å²) in [5, 5.41) is 16.3. The molecule has 0 spiro atoms. The highest BCUT2D eigenvalue weighted by Crippen LogP contribution is 2.21. The van der Waals surface area contributed by atoms with Gasteiger partial charge in [-0.15, -0.1) is 0 Å². The summed E-state index contributed by atoms with van der Waals surface area (Å²) in [6.45, 7) is -0.888. The molecular weight excluding hydrogens is 151 g/mol. The molecule has 0 rings (SSSR count). The molecule has 0 unspecified atom stereocenters. The molecule has 0 heterocycles. The Bertz CT molecular complexity index is 105. The Morgan fingerprint density at radius 2 is 1.80 bits per heavy atom. The molecule has 0 bridgehead atoms. The minimum atomic E-state index is -4.75. The summed E-state index contributed by atoms with van der Waals surface area (Å²) < 4.78 is 34.3. The Morgan fingerprint density at radius 1 is 1.40 bits per heavy atom. The maximum atomic E-state index is 11.4. The summed E-state index contributed by atoms with van der Waals surface area (Å²) in [4.78, 5) is 0. The van der Waals surface area contributed by atoms with E-state index in [4.69, 9.17) is 10.2 Å². The number of hydrogen-bond acceptors (Lipinski definition) is 3. The second kappa shape index (κ2) is 3.18. The number of halogens is 3. The highest BCUT2D eigenvalue weighted by atomic mass is 19.4. The molecule has 6 heteroatoms. The largest absolute Gasteiger partial charge is 0.415 e. The van der Waals surface area contributed by atoms with Crippen LogP contribution in [0.25, 0.3) is 0 Å². The van der Waals surface area contributed by atoms with E-state index in [2.05, 4.69) is 5.73 Å². The van der Waals surface area contributed by atoms with Crippen LogP contribution in [0.4, 0.5) is 13.2 Å². The van der Waals surface area contributed by atoms with Gasteiger partial charge in [0.15, 0.2) is 6.10 Å². The van der Waals surface area contributed by atoms with Crippen molar-refractivity contribution in [3.8, 4) is 0 Å². The first-order valence-corrected chi connectivity index (χ1v) is 2.50. The van der Waals surface area contributed by atoms with Crippen molar-refractivity contribution in [1.82, 2.24) is 0 Å². The molecule has 0 aromatic rings. The van der Waals surface area contributed by atoms with Gasteiger partial charge in [0.05, 0.1) is 12.6 Å². The summed E-state index contributed by atoms with van der Waals surface area (Å²) in [6, 6.07) is -1.65. The predicted molar refractivity (Wildman–Crippen MR) is 27.1 cm³/mol. The normalized spacial score (nSPS) is 18.6. The Hall–Kier alpha value is -0.330. The van der Waals surface area contributed by atoms with Crippen LogP contribution in [0.5, 0.6) is 0 Å². The van der Waals surface area contributed by atoms with Gasteiger partial charge in [-0.2, -0.15) is 13.2 Å². The minimum absolute atomic E-state index is 0.888. The maximum Gasteiger partial charge on any atom is 0.415 e. The summed E-state index contributed by atoms with van der Waals surface area (Å²) >= 11 is 0. The van der Waals surface area contributed by atoms with Crippen molar-refractivity contribution in [3.63, 3.8) is 0 Å². The molecule has 0 aromatic carbocycles. The van der Waals surface area contributed by atoms with Crippen molar-refractivity contribution >= 4 is 0 Å². The molecule has 3 nitrogen and oxygen atoms in total. The Balaban J connectivity index is 3.94. The molecule has 0 saturated heterocycles. The molecule has 0 aliphatic carbocycles. The predicted octanol–water partition coefficient (Wildman–Crippen LogP) is -0.771. The molecule has 62 valence electrons. The van der Waals surface area contributed by atoms with Crippen molar-refractivity contribution in [2.24, 2.45) is 5.73 Å². The van der Waals surface area contributed by atoms with Crippen LogP contribution in [0.1, 0.15) is 0 Å². The van der Waals surface area contributed by atoms with Gasteiger partial charge in [-0.3, -0.25) is 0 Å². The summed E-state index contributed by atoms with van der Waals surface area (Å²) in [6.07, 6.45) is -7.39. The second-order valence-electron chi connectivity index (χ2n) is 1.83. The first-order chi connectivity index (χ1) is 4.39. The van der Waals surface area contributed by atoms with Gasteiger partial charge in [0.2, 0.25) is 0 Å². The molecule has 0 aromatic heterocycles. The van der Waals surface area contributed by atoms with E-state index in [0.717, 1.165) is 0 Å².